The van der Waals surface area contributed by atoms with E-state index in [2.05, 4.69) is 19.2 Å². The van der Waals surface area contributed by atoms with Crippen LogP contribution in [0.5, 0.6) is 0 Å². The van der Waals surface area contributed by atoms with Crippen molar-refractivity contribution in [3.05, 3.63) is 0 Å². The summed E-state index contributed by atoms with van der Waals surface area (Å²) in [6.07, 6.45) is 63.4. The number of hydrogen-bond acceptors (Lipinski definition) is 5. The Hall–Kier alpha value is -0.690. The molecule has 390 valence electrons. The maximum Gasteiger partial charge on any atom is 0.249 e. The van der Waals surface area contributed by atoms with Gasteiger partial charge < -0.3 is 25.7 Å². The van der Waals surface area contributed by atoms with E-state index in [1.54, 1.807) is 0 Å². The summed E-state index contributed by atoms with van der Waals surface area (Å²) < 4.78 is 0. The molecule has 1 amide bonds. The van der Waals surface area contributed by atoms with E-state index >= 15 is 0 Å². The van der Waals surface area contributed by atoms with Crippen LogP contribution in [0.2, 0.25) is 0 Å². The molecule has 4 atom stereocenters. The maximum absolute atomic E-state index is 12.6. The van der Waals surface area contributed by atoms with Gasteiger partial charge in [-0.3, -0.25) is 4.79 Å². The van der Waals surface area contributed by atoms with E-state index in [4.69, 9.17) is 0 Å². The van der Waals surface area contributed by atoms with Crippen molar-refractivity contribution in [3.63, 3.8) is 0 Å². The van der Waals surface area contributed by atoms with Gasteiger partial charge in [0.05, 0.1) is 18.8 Å². The fourth-order valence-electron chi connectivity index (χ4n) is 9.88. The second-order valence-corrected chi connectivity index (χ2v) is 21.1. The van der Waals surface area contributed by atoms with E-state index in [-0.39, 0.29) is 0 Å². The van der Waals surface area contributed by atoms with Crippen LogP contribution < -0.4 is 5.32 Å². The number of carbonyl (C=O) groups is 1. The van der Waals surface area contributed by atoms with Gasteiger partial charge in [-0.25, -0.2) is 0 Å². The summed E-state index contributed by atoms with van der Waals surface area (Å²) >= 11 is 0. The van der Waals surface area contributed by atoms with Crippen LogP contribution in [-0.2, 0) is 4.79 Å². The summed E-state index contributed by atoms with van der Waals surface area (Å²) in [6, 6.07) is -0.980. The van der Waals surface area contributed by atoms with Gasteiger partial charge in [0.2, 0.25) is 5.91 Å². The van der Waals surface area contributed by atoms with Gasteiger partial charge in [-0.05, 0) is 12.8 Å². The first-order valence-corrected chi connectivity index (χ1v) is 29.9. The Kier molecular flexibility index (Phi) is 53.7. The minimum Gasteiger partial charge on any atom is -0.394 e. The molecule has 0 aliphatic rings. The molecule has 6 heteroatoms. The first-order chi connectivity index (χ1) is 32.0. The van der Waals surface area contributed by atoms with Gasteiger partial charge in [0.1, 0.15) is 12.2 Å². The third-order valence-electron chi connectivity index (χ3n) is 14.6. The molecule has 0 rings (SSSR count). The molecule has 0 aromatic carbocycles. The number of hydrogen-bond donors (Lipinski definition) is 5. The average Bonchev–Trinajstić information content (AvgIpc) is 3.31. The van der Waals surface area contributed by atoms with Gasteiger partial charge in [-0.2, -0.15) is 0 Å². The summed E-state index contributed by atoms with van der Waals surface area (Å²) in [5.74, 6) is -0.576. The van der Waals surface area contributed by atoms with Gasteiger partial charge in [0.15, 0.2) is 0 Å². The normalized spacial score (nSPS) is 13.6. The van der Waals surface area contributed by atoms with E-state index in [1.807, 2.05) is 0 Å². The molecule has 6 nitrogen and oxygen atoms in total. The quantitative estimate of drug-likeness (QED) is 0.0390. The lowest BCUT2D eigenvalue weighted by atomic mass is 9.99. The first-order valence-electron chi connectivity index (χ1n) is 29.9. The molecule has 0 bridgehead atoms. The summed E-state index contributed by atoms with van der Waals surface area (Å²) in [7, 11) is 0. The zero-order valence-electron chi connectivity index (χ0n) is 44.3. The van der Waals surface area contributed by atoms with Gasteiger partial charge in [0.25, 0.3) is 0 Å². The summed E-state index contributed by atoms with van der Waals surface area (Å²) in [4.78, 5) is 12.6. The highest BCUT2D eigenvalue weighted by Crippen LogP contribution is 2.19. The zero-order valence-corrected chi connectivity index (χ0v) is 44.3. The lowest BCUT2D eigenvalue weighted by Gasteiger charge is -2.27. The maximum atomic E-state index is 12.6. The molecule has 0 aromatic heterocycles. The van der Waals surface area contributed by atoms with Crippen molar-refractivity contribution >= 4 is 5.91 Å². The Morgan fingerprint density at radius 3 is 0.738 bits per heavy atom. The van der Waals surface area contributed by atoms with Crippen LogP contribution in [0.15, 0.2) is 0 Å². The predicted molar refractivity (Wildman–Crippen MR) is 284 cm³/mol. The van der Waals surface area contributed by atoms with Gasteiger partial charge in [-0.15, -0.1) is 0 Å². The van der Waals surface area contributed by atoms with Crippen molar-refractivity contribution in [1.29, 1.82) is 0 Å². The third-order valence-corrected chi connectivity index (χ3v) is 14.6. The Bertz CT molecular complexity index is 902. The molecule has 0 aromatic rings. The minimum absolute atomic E-state index is 0.376. The molecule has 5 N–H and O–H groups in total. The molecule has 0 aliphatic carbocycles. The molecule has 0 radical (unpaired) electrons. The molecule has 0 spiro atoms. The Morgan fingerprint density at radius 2 is 0.523 bits per heavy atom. The highest BCUT2D eigenvalue weighted by Gasteiger charge is 2.28. The number of aliphatic hydroxyl groups excluding tert-OH is 4. The zero-order chi connectivity index (χ0) is 47.4. The van der Waals surface area contributed by atoms with Crippen molar-refractivity contribution in [1.82, 2.24) is 5.32 Å². The van der Waals surface area contributed by atoms with Crippen LogP contribution in [0.3, 0.4) is 0 Å². The Morgan fingerprint density at radius 1 is 0.323 bits per heavy atom. The summed E-state index contributed by atoms with van der Waals surface area (Å²) in [6.45, 7) is 4.09. The Labute approximate surface area is 407 Å². The van der Waals surface area contributed by atoms with E-state index < -0.39 is 36.9 Å². The molecule has 4 unspecified atom stereocenters. The SMILES string of the molecule is CCCCCCCCCCCCCCCCCCCCCCCCCCCCCCCCCCCCC(O)C(=O)NC(CO)C(O)C(O)CCCCCCCCCCCCCCCCC. The van der Waals surface area contributed by atoms with E-state index in [0.29, 0.717) is 12.8 Å². The second kappa shape index (κ2) is 54.3. The van der Waals surface area contributed by atoms with E-state index in [0.717, 1.165) is 38.5 Å². The third kappa shape index (κ3) is 48.1. The molecule has 65 heavy (non-hydrogen) atoms. The van der Waals surface area contributed by atoms with Crippen molar-refractivity contribution in [2.24, 2.45) is 0 Å². The second-order valence-electron chi connectivity index (χ2n) is 21.1. The highest BCUT2D eigenvalue weighted by molar-refractivity contribution is 5.80. The molecule has 0 fully saturated rings. The number of amides is 1. The summed E-state index contributed by atoms with van der Waals surface area (Å²) in [5, 5.41) is 44.0. The van der Waals surface area contributed by atoms with E-state index in [1.165, 1.54) is 276 Å². The van der Waals surface area contributed by atoms with Crippen LogP contribution in [0.25, 0.3) is 0 Å². The fraction of sp³-hybridized carbons (Fsp3) is 0.983. The highest BCUT2D eigenvalue weighted by atomic mass is 16.3. The number of unbranched alkanes of at least 4 members (excludes halogenated alkanes) is 47. The first kappa shape index (κ1) is 64.3. The largest absolute Gasteiger partial charge is 0.394 e. The van der Waals surface area contributed by atoms with Gasteiger partial charge in [-0.1, -0.05) is 328 Å². The number of rotatable bonds is 56. The van der Waals surface area contributed by atoms with Crippen LogP contribution in [0.4, 0.5) is 0 Å². The molecular weight excluding hydrogens is 803 g/mol. The lowest BCUT2D eigenvalue weighted by molar-refractivity contribution is -0.132. The number of aliphatic hydroxyl groups is 4. The van der Waals surface area contributed by atoms with Gasteiger partial charge in [0, 0.05) is 0 Å². The number of nitrogens with one attached hydrogen (secondary N) is 1. The van der Waals surface area contributed by atoms with Crippen LogP contribution in [-0.4, -0.2) is 57.3 Å². The van der Waals surface area contributed by atoms with Crippen molar-refractivity contribution < 1.29 is 25.2 Å². The molecule has 0 heterocycles. The van der Waals surface area contributed by atoms with Crippen LogP contribution in [0.1, 0.15) is 341 Å². The van der Waals surface area contributed by atoms with Crippen molar-refractivity contribution in [2.75, 3.05) is 6.61 Å². The predicted octanol–water partition coefficient (Wildman–Crippen LogP) is 17.5. The smallest absolute Gasteiger partial charge is 0.249 e. The standard InChI is InChI=1S/C59H119NO5/c1-3-5-7-9-11-13-15-17-19-20-21-22-23-24-25-26-27-28-29-30-31-32-33-34-35-36-37-39-41-43-45-47-49-51-53-57(63)59(65)60-55(54-61)58(64)56(62)52-50-48-46-44-42-40-38-18-16-14-12-10-8-6-4-2/h55-58,61-64H,3-54H2,1-2H3,(H,60,65). The van der Waals surface area contributed by atoms with Crippen molar-refractivity contribution in [3.8, 4) is 0 Å². The molecule has 0 aliphatic heterocycles. The molecule has 0 saturated heterocycles. The number of carbonyl (C=O) groups excluding carboxylic acids is 1. The minimum atomic E-state index is -1.25. The van der Waals surface area contributed by atoms with Crippen molar-refractivity contribution in [2.45, 2.75) is 366 Å². The lowest BCUT2D eigenvalue weighted by Crippen LogP contribution is -2.53. The average molecular weight is 923 g/mol. The van der Waals surface area contributed by atoms with E-state index in [9.17, 15) is 25.2 Å². The molecular formula is C59H119NO5. The Balaban J connectivity index is 3.49. The van der Waals surface area contributed by atoms with Gasteiger partial charge >= 0.3 is 0 Å². The van der Waals surface area contributed by atoms with Crippen LogP contribution in [0, 0.1) is 0 Å². The fourth-order valence-corrected chi connectivity index (χ4v) is 9.88. The topological polar surface area (TPSA) is 110 Å². The summed E-state index contributed by atoms with van der Waals surface area (Å²) in [5.41, 5.74) is 0. The van der Waals surface area contributed by atoms with Crippen LogP contribution >= 0.6 is 0 Å². The molecule has 0 saturated carbocycles. The monoisotopic (exact) mass is 922 g/mol.